The Kier molecular flexibility index (Phi) is 4.30. The van der Waals surface area contributed by atoms with Gasteiger partial charge in [-0.05, 0) is 41.1 Å². The first-order chi connectivity index (χ1) is 14.3. The molecule has 0 unspecified atom stereocenters. The van der Waals surface area contributed by atoms with E-state index >= 15 is 0 Å². The first-order valence-corrected chi connectivity index (χ1v) is 9.57. The molecule has 3 aromatic carbocycles. The van der Waals surface area contributed by atoms with Crippen LogP contribution in [0, 0.1) is 0 Å². The van der Waals surface area contributed by atoms with Gasteiger partial charge in [0, 0.05) is 17.4 Å². The van der Waals surface area contributed by atoms with Crippen molar-refractivity contribution in [2.45, 2.75) is 6.54 Å². The van der Waals surface area contributed by atoms with Crippen molar-refractivity contribution in [2.24, 2.45) is 0 Å². The van der Waals surface area contributed by atoms with Gasteiger partial charge < -0.3 is 9.30 Å². The Hall–Kier alpha value is -3.92. The molecule has 0 saturated carbocycles. The van der Waals surface area contributed by atoms with Crippen LogP contribution in [-0.4, -0.2) is 15.3 Å². The zero-order valence-electron chi connectivity index (χ0n) is 15.8. The van der Waals surface area contributed by atoms with E-state index in [1.165, 1.54) is 0 Å². The minimum Gasteiger partial charge on any atom is -0.302 e. The number of hydrogen-bond donors (Lipinski definition) is 0. The fraction of sp³-hybridized carbons (Fsp3) is 0.0400. The Morgan fingerprint density at radius 2 is 1.59 bits per heavy atom. The van der Waals surface area contributed by atoms with E-state index in [1.807, 2.05) is 113 Å². The van der Waals surface area contributed by atoms with Crippen LogP contribution in [0.5, 0.6) is 0 Å². The van der Waals surface area contributed by atoms with E-state index < -0.39 is 0 Å². The topological polar surface area (TPSA) is 37.6 Å². The maximum atomic E-state index is 13.7. The summed E-state index contributed by atoms with van der Waals surface area (Å²) in [5.74, 6) is -0.0288. The molecule has 0 spiro atoms. The normalized spacial score (nSPS) is 11.0. The molecule has 5 aromatic rings. The summed E-state index contributed by atoms with van der Waals surface area (Å²) in [5, 5.41) is 2.01. The van der Waals surface area contributed by atoms with Gasteiger partial charge in [0.05, 0.1) is 18.4 Å². The number of para-hydroxylation sites is 1. The van der Waals surface area contributed by atoms with E-state index in [0.717, 1.165) is 27.8 Å². The highest BCUT2D eigenvalue weighted by atomic mass is 16.2. The van der Waals surface area contributed by atoms with Crippen LogP contribution in [0.2, 0.25) is 0 Å². The third kappa shape index (κ3) is 3.15. The Labute approximate surface area is 168 Å². The average Bonchev–Trinajstić information content (AvgIpc) is 3.20. The van der Waals surface area contributed by atoms with Gasteiger partial charge in [-0.1, -0.05) is 60.7 Å². The number of imidazole rings is 1. The van der Waals surface area contributed by atoms with Crippen LogP contribution in [0.15, 0.2) is 103 Å². The summed E-state index contributed by atoms with van der Waals surface area (Å²) < 4.78 is 2.02. The third-order valence-corrected chi connectivity index (χ3v) is 5.15. The first-order valence-electron chi connectivity index (χ1n) is 9.57. The van der Waals surface area contributed by atoms with Gasteiger partial charge >= 0.3 is 0 Å². The van der Waals surface area contributed by atoms with Gasteiger partial charge in [-0.25, -0.2) is 4.98 Å². The predicted molar refractivity (Wildman–Crippen MR) is 116 cm³/mol. The zero-order valence-corrected chi connectivity index (χ0v) is 15.8. The van der Waals surface area contributed by atoms with Gasteiger partial charge in [0.1, 0.15) is 5.65 Å². The molecule has 29 heavy (non-hydrogen) atoms. The quantitative estimate of drug-likeness (QED) is 0.424. The molecule has 0 saturated heterocycles. The van der Waals surface area contributed by atoms with E-state index in [4.69, 9.17) is 0 Å². The number of amides is 1. The van der Waals surface area contributed by atoms with Crippen LogP contribution in [0.3, 0.4) is 0 Å². The molecule has 0 fully saturated rings. The summed E-state index contributed by atoms with van der Waals surface area (Å²) in [5.41, 5.74) is 3.38. The lowest BCUT2D eigenvalue weighted by Crippen LogP contribution is -2.31. The highest BCUT2D eigenvalue weighted by molar-refractivity contribution is 6.14. The van der Waals surface area contributed by atoms with E-state index in [1.54, 1.807) is 0 Å². The molecule has 0 atom stereocenters. The fourth-order valence-electron chi connectivity index (χ4n) is 3.71. The second kappa shape index (κ2) is 7.24. The lowest BCUT2D eigenvalue weighted by molar-refractivity contribution is 0.0986. The molecule has 0 radical (unpaired) electrons. The summed E-state index contributed by atoms with van der Waals surface area (Å²) in [6.45, 7) is 0.428. The van der Waals surface area contributed by atoms with Crippen LogP contribution >= 0.6 is 0 Å². The number of carbonyl (C=O) groups excluding carboxylic acids is 1. The van der Waals surface area contributed by atoms with Crippen LogP contribution in [0.25, 0.3) is 16.4 Å². The Morgan fingerprint density at radius 1 is 0.828 bits per heavy atom. The van der Waals surface area contributed by atoms with Gasteiger partial charge in [0.25, 0.3) is 5.91 Å². The minimum atomic E-state index is -0.0288. The van der Waals surface area contributed by atoms with Crippen molar-refractivity contribution in [2.75, 3.05) is 4.90 Å². The monoisotopic (exact) mass is 377 g/mol. The summed E-state index contributed by atoms with van der Waals surface area (Å²) in [6.07, 6.45) is 3.81. The Morgan fingerprint density at radius 3 is 2.48 bits per heavy atom. The summed E-state index contributed by atoms with van der Waals surface area (Å²) in [6, 6.07) is 29.5. The average molecular weight is 377 g/mol. The highest BCUT2D eigenvalue weighted by Crippen LogP contribution is 2.25. The molecular formula is C25H19N3O. The second-order valence-electron chi connectivity index (χ2n) is 6.93. The molecule has 0 aliphatic rings. The first kappa shape index (κ1) is 17.2. The van der Waals surface area contributed by atoms with Crippen molar-refractivity contribution < 1.29 is 4.79 Å². The molecule has 0 N–H and O–H groups in total. The van der Waals surface area contributed by atoms with E-state index in [0.29, 0.717) is 12.1 Å². The van der Waals surface area contributed by atoms with Crippen molar-refractivity contribution in [3.63, 3.8) is 0 Å². The number of pyridine rings is 1. The number of carbonyl (C=O) groups is 1. The zero-order chi connectivity index (χ0) is 19.6. The second-order valence-corrected chi connectivity index (χ2v) is 6.93. The smallest absolute Gasteiger partial charge is 0.259 e. The number of aromatic nitrogens is 2. The molecular weight excluding hydrogens is 358 g/mol. The molecule has 0 aliphatic heterocycles. The van der Waals surface area contributed by atoms with Gasteiger partial charge in [-0.2, -0.15) is 0 Å². The van der Waals surface area contributed by atoms with E-state index in [2.05, 4.69) is 4.98 Å². The SMILES string of the molecule is O=C(c1cccc2ccccc12)N(Cc1cnc2ccccn12)c1ccccc1. The van der Waals surface area contributed by atoms with Crippen LogP contribution < -0.4 is 4.90 Å². The molecule has 4 heteroatoms. The van der Waals surface area contributed by atoms with E-state index in [9.17, 15) is 4.79 Å². The van der Waals surface area contributed by atoms with Gasteiger partial charge in [-0.15, -0.1) is 0 Å². The van der Waals surface area contributed by atoms with Crippen molar-refractivity contribution in [3.05, 3.63) is 115 Å². The van der Waals surface area contributed by atoms with Gasteiger partial charge in [0.2, 0.25) is 0 Å². The number of hydrogen-bond acceptors (Lipinski definition) is 2. The number of anilines is 1. The van der Waals surface area contributed by atoms with E-state index in [-0.39, 0.29) is 5.91 Å². The molecule has 0 bridgehead atoms. The highest BCUT2D eigenvalue weighted by Gasteiger charge is 2.21. The molecule has 1 amide bonds. The maximum Gasteiger partial charge on any atom is 0.259 e. The van der Waals surface area contributed by atoms with Crippen molar-refractivity contribution in [1.82, 2.24) is 9.38 Å². The lowest BCUT2D eigenvalue weighted by atomic mass is 10.0. The van der Waals surface area contributed by atoms with Crippen molar-refractivity contribution in [1.29, 1.82) is 0 Å². The predicted octanol–water partition coefficient (Wildman–Crippen LogP) is 5.33. The molecule has 140 valence electrons. The number of fused-ring (bicyclic) bond motifs is 2. The number of benzene rings is 3. The largest absolute Gasteiger partial charge is 0.302 e. The molecule has 0 aliphatic carbocycles. The third-order valence-electron chi connectivity index (χ3n) is 5.15. The van der Waals surface area contributed by atoms with Crippen LogP contribution in [0.1, 0.15) is 16.1 Å². The minimum absolute atomic E-state index is 0.0288. The summed E-state index contributed by atoms with van der Waals surface area (Å²) in [4.78, 5) is 20.0. The van der Waals surface area contributed by atoms with Gasteiger partial charge in [-0.3, -0.25) is 4.79 Å². The summed E-state index contributed by atoms with van der Waals surface area (Å²) >= 11 is 0. The maximum absolute atomic E-state index is 13.7. The molecule has 2 aromatic heterocycles. The van der Waals surface area contributed by atoms with Crippen LogP contribution in [-0.2, 0) is 6.54 Å². The fourth-order valence-corrected chi connectivity index (χ4v) is 3.71. The Bertz CT molecular complexity index is 1300. The Balaban J connectivity index is 1.62. The van der Waals surface area contributed by atoms with Crippen molar-refractivity contribution >= 4 is 28.0 Å². The number of rotatable bonds is 4. The number of nitrogens with zero attached hydrogens (tertiary/aromatic N) is 3. The van der Waals surface area contributed by atoms with Gasteiger partial charge in [0.15, 0.2) is 0 Å². The lowest BCUT2D eigenvalue weighted by Gasteiger charge is -2.23. The molecule has 2 heterocycles. The van der Waals surface area contributed by atoms with Crippen molar-refractivity contribution in [3.8, 4) is 0 Å². The molecule has 5 rings (SSSR count). The standard InChI is InChI=1S/C25H19N3O/c29-25(23-14-8-10-19-9-4-5-13-22(19)23)28(20-11-2-1-3-12-20)18-21-17-26-24-15-6-7-16-27(21)24/h1-17H,18H2. The van der Waals surface area contributed by atoms with Crippen LogP contribution in [0.4, 0.5) is 5.69 Å². The summed E-state index contributed by atoms with van der Waals surface area (Å²) in [7, 11) is 0. The molecule has 4 nitrogen and oxygen atoms in total.